The van der Waals surface area contributed by atoms with Crippen molar-refractivity contribution >= 4 is 17.4 Å². The standard InChI is InChI=1S/C17H25ClO2/c1-16(2,3)12-9-11(14(19)7-8-18)10-13(15(12)20)17(4,5)6/h9-10,20H,7-8H2,1-6H3. The number of phenols is 1. The van der Waals surface area contributed by atoms with Crippen molar-refractivity contribution in [3.63, 3.8) is 0 Å². The Hall–Kier alpha value is -1.02. The van der Waals surface area contributed by atoms with E-state index in [1.165, 1.54) is 0 Å². The maximum absolute atomic E-state index is 12.1. The zero-order chi connectivity index (χ0) is 15.7. The van der Waals surface area contributed by atoms with Crippen molar-refractivity contribution < 1.29 is 9.90 Å². The minimum absolute atomic E-state index is 0.0241. The molecule has 0 fully saturated rings. The second-order valence-corrected chi connectivity index (χ2v) is 7.66. The second-order valence-electron chi connectivity index (χ2n) is 7.28. The fraction of sp³-hybridized carbons (Fsp3) is 0.588. The highest BCUT2D eigenvalue weighted by Gasteiger charge is 2.27. The molecule has 0 bridgehead atoms. The number of hydrogen-bond donors (Lipinski definition) is 1. The van der Waals surface area contributed by atoms with Gasteiger partial charge in [0.1, 0.15) is 5.75 Å². The van der Waals surface area contributed by atoms with Crippen LogP contribution in [-0.4, -0.2) is 16.8 Å². The molecule has 1 aromatic rings. The summed E-state index contributed by atoms with van der Waals surface area (Å²) in [6.07, 6.45) is 0.319. The number of benzene rings is 1. The Kier molecular flexibility index (Phi) is 4.91. The molecule has 0 atom stereocenters. The number of aromatic hydroxyl groups is 1. The van der Waals surface area contributed by atoms with E-state index in [-0.39, 0.29) is 16.6 Å². The third-order valence-electron chi connectivity index (χ3n) is 3.37. The molecule has 0 amide bonds. The van der Waals surface area contributed by atoms with Crippen molar-refractivity contribution in [3.8, 4) is 5.75 Å². The monoisotopic (exact) mass is 296 g/mol. The normalized spacial score (nSPS) is 12.6. The van der Waals surface area contributed by atoms with E-state index in [0.29, 0.717) is 23.6 Å². The van der Waals surface area contributed by atoms with Gasteiger partial charge in [-0.2, -0.15) is 0 Å². The topological polar surface area (TPSA) is 37.3 Å². The van der Waals surface area contributed by atoms with Gasteiger partial charge < -0.3 is 5.11 Å². The van der Waals surface area contributed by atoms with Gasteiger partial charge in [-0.15, -0.1) is 11.6 Å². The molecule has 0 aliphatic carbocycles. The fourth-order valence-corrected chi connectivity index (χ4v) is 2.34. The number of alkyl halides is 1. The van der Waals surface area contributed by atoms with Crippen molar-refractivity contribution in [2.24, 2.45) is 0 Å². The Labute approximate surface area is 127 Å². The zero-order valence-electron chi connectivity index (χ0n) is 13.3. The van der Waals surface area contributed by atoms with Gasteiger partial charge in [-0.05, 0) is 23.0 Å². The SMILES string of the molecule is CC(C)(C)c1cc(C(=O)CCCl)cc(C(C)(C)C)c1O. The van der Waals surface area contributed by atoms with E-state index in [9.17, 15) is 9.90 Å². The first-order valence-electron chi connectivity index (χ1n) is 6.95. The molecule has 3 heteroatoms. The molecule has 1 rings (SSSR count). The lowest BCUT2D eigenvalue weighted by Gasteiger charge is -2.28. The smallest absolute Gasteiger partial charge is 0.164 e. The van der Waals surface area contributed by atoms with Crippen LogP contribution in [-0.2, 0) is 10.8 Å². The van der Waals surface area contributed by atoms with Crippen LogP contribution < -0.4 is 0 Å². The highest BCUT2D eigenvalue weighted by Crippen LogP contribution is 2.39. The molecule has 2 nitrogen and oxygen atoms in total. The van der Waals surface area contributed by atoms with Gasteiger partial charge >= 0.3 is 0 Å². The summed E-state index contributed by atoms with van der Waals surface area (Å²) < 4.78 is 0. The van der Waals surface area contributed by atoms with Crippen LogP contribution in [0.1, 0.15) is 69.4 Å². The maximum atomic E-state index is 12.1. The van der Waals surface area contributed by atoms with Crippen molar-refractivity contribution in [2.45, 2.75) is 58.8 Å². The van der Waals surface area contributed by atoms with Crippen LogP contribution in [0.5, 0.6) is 5.75 Å². The number of carbonyl (C=O) groups excluding carboxylic acids is 1. The summed E-state index contributed by atoms with van der Waals surface area (Å²) in [4.78, 5) is 12.1. The Morgan fingerprint density at radius 2 is 1.45 bits per heavy atom. The largest absolute Gasteiger partial charge is 0.507 e. The minimum Gasteiger partial charge on any atom is -0.507 e. The fourth-order valence-electron chi connectivity index (χ4n) is 2.17. The molecule has 0 saturated heterocycles. The van der Waals surface area contributed by atoms with Gasteiger partial charge in [0, 0.05) is 29.0 Å². The zero-order valence-corrected chi connectivity index (χ0v) is 14.1. The lowest BCUT2D eigenvalue weighted by molar-refractivity contribution is 0.0989. The van der Waals surface area contributed by atoms with Gasteiger partial charge in [0.2, 0.25) is 0 Å². The second kappa shape index (κ2) is 5.77. The lowest BCUT2D eigenvalue weighted by atomic mass is 9.78. The van der Waals surface area contributed by atoms with Crippen molar-refractivity contribution in [1.82, 2.24) is 0 Å². The molecule has 0 saturated carbocycles. The summed E-state index contributed by atoms with van der Waals surface area (Å²) in [7, 11) is 0. The van der Waals surface area contributed by atoms with E-state index < -0.39 is 0 Å². The summed E-state index contributed by atoms with van der Waals surface area (Å²) in [6.45, 7) is 12.2. The molecule has 20 heavy (non-hydrogen) atoms. The summed E-state index contributed by atoms with van der Waals surface area (Å²) in [5, 5.41) is 10.6. The number of rotatable bonds is 3. The molecule has 0 unspecified atom stereocenters. The van der Waals surface area contributed by atoms with Gasteiger partial charge in [0.15, 0.2) is 5.78 Å². The predicted octanol–water partition coefficient (Wildman–Crippen LogP) is 4.80. The van der Waals surface area contributed by atoms with Crippen LogP contribution in [0, 0.1) is 0 Å². The average Bonchev–Trinajstić information content (AvgIpc) is 2.26. The average molecular weight is 297 g/mol. The summed E-state index contributed by atoms with van der Waals surface area (Å²) >= 11 is 5.67. The number of carbonyl (C=O) groups is 1. The summed E-state index contributed by atoms with van der Waals surface area (Å²) in [5.41, 5.74) is 1.81. The Morgan fingerprint density at radius 1 is 1.05 bits per heavy atom. The molecule has 0 radical (unpaired) electrons. The molecule has 0 aliphatic rings. The highest BCUT2D eigenvalue weighted by molar-refractivity contribution is 6.19. The van der Waals surface area contributed by atoms with E-state index in [1.54, 1.807) is 12.1 Å². The van der Waals surface area contributed by atoms with E-state index in [0.717, 1.165) is 11.1 Å². The molecule has 0 spiro atoms. The number of Topliss-reactive ketones (excluding diaryl/α,β-unsaturated/α-hetero) is 1. The van der Waals surface area contributed by atoms with Gasteiger partial charge in [-0.25, -0.2) is 0 Å². The molecule has 0 aromatic heterocycles. The van der Waals surface area contributed by atoms with Gasteiger partial charge in [0.25, 0.3) is 0 Å². The molecule has 1 N–H and O–H groups in total. The van der Waals surface area contributed by atoms with Gasteiger partial charge in [-0.1, -0.05) is 41.5 Å². The lowest BCUT2D eigenvalue weighted by Crippen LogP contribution is -2.19. The number of hydrogen-bond acceptors (Lipinski definition) is 2. The summed E-state index contributed by atoms with van der Waals surface area (Å²) in [5.74, 6) is 0.638. The van der Waals surface area contributed by atoms with Crippen molar-refractivity contribution in [2.75, 3.05) is 5.88 Å². The van der Waals surface area contributed by atoms with Crippen molar-refractivity contribution in [3.05, 3.63) is 28.8 Å². The summed E-state index contributed by atoms with van der Waals surface area (Å²) in [6, 6.07) is 3.61. The van der Waals surface area contributed by atoms with Crippen LogP contribution in [0.2, 0.25) is 0 Å². The molecular formula is C17H25ClO2. The van der Waals surface area contributed by atoms with Gasteiger partial charge in [-0.3, -0.25) is 4.79 Å². The first-order chi connectivity index (χ1) is 8.98. The molecule has 0 heterocycles. The minimum atomic E-state index is -0.221. The Morgan fingerprint density at radius 3 is 1.75 bits per heavy atom. The maximum Gasteiger partial charge on any atom is 0.164 e. The van der Waals surface area contributed by atoms with E-state index in [1.807, 2.05) is 41.5 Å². The van der Waals surface area contributed by atoms with E-state index in [4.69, 9.17) is 11.6 Å². The molecular weight excluding hydrogens is 272 g/mol. The third-order valence-corrected chi connectivity index (χ3v) is 3.56. The number of ketones is 1. The van der Waals surface area contributed by atoms with Gasteiger partial charge in [0.05, 0.1) is 0 Å². The van der Waals surface area contributed by atoms with E-state index in [2.05, 4.69) is 0 Å². The van der Waals surface area contributed by atoms with E-state index >= 15 is 0 Å². The first-order valence-corrected chi connectivity index (χ1v) is 7.49. The quantitative estimate of drug-likeness (QED) is 0.642. The van der Waals surface area contributed by atoms with Crippen LogP contribution in [0.4, 0.5) is 0 Å². The van der Waals surface area contributed by atoms with Crippen LogP contribution in [0.25, 0.3) is 0 Å². The van der Waals surface area contributed by atoms with Crippen LogP contribution in [0.15, 0.2) is 12.1 Å². The number of halogens is 1. The van der Waals surface area contributed by atoms with Crippen LogP contribution >= 0.6 is 11.6 Å². The molecule has 1 aromatic carbocycles. The Bertz CT molecular complexity index is 470. The Balaban J connectivity index is 3.55. The molecule has 112 valence electrons. The predicted molar refractivity (Wildman–Crippen MR) is 85.2 cm³/mol. The number of phenolic OH excluding ortho intramolecular Hbond substituents is 1. The van der Waals surface area contributed by atoms with Crippen molar-refractivity contribution in [1.29, 1.82) is 0 Å². The highest BCUT2D eigenvalue weighted by atomic mass is 35.5. The first kappa shape index (κ1) is 17.0. The van der Waals surface area contributed by atoms with Crippen LogP contribution in [0.3, 0.4) is 0 Å². The molecule has 0 aliphatic heterocycles. The third kappa shape index (κ3) is 3.76.